The summed E-state index contributed by atoms with van der Waals surface area (Å²) in [6, 6.07) is 4.42. The third kappa shape index (κ3) is 2.29. The number of benzene rings is 1. The smallest absolute Gasteiger partial charge is 0.197 e. The van der Waals surface area contributed by atoms with Crippen LogP contribution < -0.4 is 0 Å². The molecule has 0 spiro atoms. The lowest BCUT2D eigenvalue weighted by molar-refractivity contribution is 1.10. The third-order valence-corrected chi connectivity index (χ3v) is 3.32. The van der Waals surface area contributed by atoms with E-state index < -0.39 is 0 Å². The molecule has 3 heteroatoms. The van der Waals surface area contributed by atoms with Crippen molar-refractivity contribution in [3.05, 3.63) is 45.4 Å². The van der Waals surface area contributed by atoms with Crippen LogP contribution in [0.4, 0.5) is 0 Å². The van der Waals surface area contributed by atoms with E-state index in [1.54, 1.807) is 0 Å². The molecule has 0 saturated carbocycles. The summed E-state index contributed by atoms with van der Waals surface area (Å²) >= 11 is 5.09. The SMILES string of the molecule is Cc1cc(C)c(-c2[nH]c(=S)ncc2C)cc1C. The molecule has 0 radical (unpaired) electrons. The molecule has 0 unspecified atom stereocenters. The van der Waals surface area contributed by atoms with Gasteiger partial charge in [0.25, 0.3) is 0 Å². The molecule has 2 rings (SSSR count). The minimum Gasteiger partial charge on any atom is -0.330 e. The van der Waals surface area contributed by atoms with Crippen LogP contribution in [-0.4, -0.2) is 9.97 Å². The first-order chi connectivity index (χ1) is 7.99. The number of aromatic nitrogens is 2. The van der Waals surface area contributed by atoms with Crippen LogP contribution in [0.3, 0.4) is 0 Å². The summed E-state index contributed by atoms with van der Waals surface area (Å²) in [4.78, 5) is 7.28. The van der Waals surface area contributed by atoms with E-state index in [2.05, 4.69) is 42.9 Å². The lowest BCUT2D eigenvalue weighted by Crippen LogP contribution is -1.95. The minimum absolute atomic E-state index is 0.531. The molecule has 1 aromatic carbocycles. The maximum atomic E-state index is 5.09. The molecular formula is C14H16N2S. The van der Waals surface area contributed by atoms with E-state index in [0.717, 1.165) is 11.3 Å². The van der Waals surface area contributed by atoms with Gasteiger partial charge in [0.05, 0.1) is 5.69 Å². The van der Waals surface area contributed by atoms with Crippen molar-refractivity contribution in [2.45, 2.75) is 27.7 Å². The molecular weight excluding hydrogens is 228 g/mol. The highest BCUT2D eigenvalue weighted by molar-refractivity contribution is 7.71. The fourth-order valence-corrected chi connectivity index (χ4v) is 2.12. The number of hydrogen-bond acceptors (Lipinski definition) is 2. The van der Waals surface area contributed by atoms with Gasteiger partial charge in [0.1, 0.15) is 0 Å². The average molecular weight is 244 g/mol. The van der Waals surface area contributed by atoms with Gasteiger partial charge >= 0.3 is 0 Å². The van der Waals surface area contributed by atoms with E-state index in [1.807, 2.05) is 13.1 Å². The minimum atomic E-state index is 0.531. The monoisotopic (exact) mass is 244 g/mol. The summed E-state index contributed by atoms with van der Waals surface area (Å²) in [6.07, 6.45) is 1.82. The summed E-state index contributed by atoms with van der Waals surface area (Å²) < 4.78 is 0.531. The van der Waals surface area contributed by atoms with Gasteiger partial charge in [-0.2, -0.15) is 0 Å². The van der Waals surface area contributed by atoms with E-state index in [0.29, 0.717) is 4.77 Å². The zero-order valence-corrected chi connectivity index (χ0v) is 11.4. The number of nitrogens with zero attached hydrogens (tertiary/aromatic N) is 1. The standard InChI is InChI=1S/C14H16N2S/c1-8-5-10(3)12(6-9(8)2)13-11(4)7-15-14(17)16-13/h5-7H,1-4H3,(H,15,16,17). The molecule has 0 atom stereocenters. The molecule has 1 N–H and O–H groups in total. The van der Waals surface area contributed by atoms with Crippen LogP contribution in [0.1, 0.15) is 22.3 Å². The van der Waals surface area contributed by atoms with Crippen LogP contribution >= 0.6 is 12.2 Å². The van der Waals surface area contributed by atoms with Crippen molar-refractivity contribution in [3.8, 4) is 11.3 Å². The van der Waals surface area contributed by atoms with Crippen LogP contribution in [0, 0.1) is 32.5 Å². The molecule has 2 nitrogen and oxygen atoms in total. The zero-order chi connectivity index (χ0) is 12.6. The highest BCUT2D eigenvalue weighted by atomic mass is 32.1. The fourth-order valence-electron chi connectivity index (χ4n) is 1.97. The predicted molar refractivity (Wildman–Crippen MR) is 73.8 cm³/mol. The Hall–Kier alpha value is -1.48. The first kappa shape index (κ1) is 12.0. The molecule has 0 fully saturated rings. The number of hydrogen-bond donors (Lipinski definition) is 1. The quantitative estimate of drug-likeness (QED) is 0.767. The van der Waals surface area contributed by atoms with Crippen LogP contribution in [-0.2, 0) is 0 Å². The average Bonchev–Trinajstić information content (AvgIpc) is 2.27. The first-order valence-electron chi connectivity index (χ1n) is 5.63. The number of nitrogens with one attached hydrogen (secondary N) is 1. The third-order valence-electron chi connectivity index (χ3n) is 3.11. The molecule has 0 aliphatic heterocycles. The molecule has 88 valence electrons. The Bertz CT molecular complexity index is 627. The lowest BCUT2D eigenvalue weighted by Gasteiger charge is -2.11. The second-order valence-corrected chi connectivity index (χ2v) is 4.88. The number of aromatic amines is 1. The van der Waals surface area contributed by atoms with Gasteiger partial charge in [-0.25, -0.2) is 4.98 Å². The van der Waals surface area contributed by atoms with Gasteiger partial charge in [-0.3, -0.25) is 0 Å². The second kappa shape index (κ2) is 4.41. The second-order valence-electron chi connectivity index (χ2n) is 4.50. The molecule has 2 aromatic rings. The molecule has 0 aliphatic carbocycles. The van der Waals surface area contributed by atoms with Crippen LogP contribution in [0.25, 0.3) is 11.3 Å². The molecule has 0 aliphatic rings. The number of aryl methyl sites for hydroxylation is 4. The van der Waals surface area contributed by atoms with Gasteiger partial charge in [0.15, 0.2) is 4.77 Å². The molecule has 0 saturated heterocycles. The maximum Gasteiger partial charge on any atom is 0.197 e. The number of rotatable bonds is 1. The van der Waals surface area contributed by atoms with Gasteiger partial charge in [-0.1, -0.05) is 6.07 Å². The van der Waals surface area contributed by atoms with E-state index in [1.165, 1.54) is 22.3 Å². The van der Waals surface area contributed by atoms with E-state index in [9.17, 15) is 0 Å². The Morgan fingerprint density at radius 2 is 1.59 bits per heavy atom. The first-order valence-corrected chi connectivity index (χ1v) is 6.04. The van der Waals surface area contributed by atoms with Crippen LogP contribution in [0.15, 0.2) is 18.3 Å². The van der Waals surface area contributed by atoms with Crippen molar-refractivity contribution in [2.75, 3.05) is 0 Å². The van der Waals surface area contributed by atoms with E-state index in [-0.39, 0.29) is 0 Å². The molecule has 0 bridgehead atoms. The van der Waals surface area contributed by atoms with Crippen molar-refractivity contribution < 1.29 is 0 Å². The summed E-state index contributed by atoms with van der Waals surface area (Å²) in [5, 5.41) is 0. The summed E-state index contributed by atoms with van der Waals surface area (Å²) in [5.41, 5.74) is 7.26. The molecule has 1 aromatic heterocycles. The fraction of sp³-hybridized carbons (Fsp3) is 0.286. The highest BCUT2D eigenvalue weighted by Crippen LogP contribution is 2.26. The van der Waals surface area contributed by atoms with Gasteiger partial charge in [-0.15, -0.1) is 0 Å². The summed E-state index contributed by atoms with van der Waals surface area (Å²) in [5.74, 6) is 0. The summed E-state index contributed by atoms with van der Waals surface area (Å²) in [6.45, 7) is 8.43. The van der Waals surface area contributed by atoms with E-state index >= 15 is 0 Å². The topological polar surface area (TPSA) is 28.7 Å². The Kier molecular flexibility index (Phi) is 3.11. The van der Waals surface area contributed by atoms with Gasteiger partial charge in [-0.05, 0) is 68.2 Å². The van der Waals surface area contributed by atoms with Gasteiger partial charge < -0.3 is 4.98 Å². The molecule has 0 amide bonds. The summed E-state index contributed by atoms with van der Waals surface area (Å²) in [7, 11) is 0. The molecule has 17 heavy (non-hydrogen) atoms. The van der Waals surface area contributed by atoms with Gasteiger partial charge in [0, 0.05) is 11.8 Å². The molecule has 1 heterocycles. The number of H-pyrrole nitrogens is 1. The van der Waals surface area contributed by atoms with Crippen molar-refractivity contribution in [1.82, 2.24) is 9.97 Å². The Labute approximate surface area is 107 Å². The Morgan fingerprint density at radius 3 is 2.29 bits per heavy atom. The van der Waals surface area contributed by atoms with Gasteiger partial charge in [0.2, 0.25) is 0 Å². The van der Waals surface area contributed by atoms with Crippen LogP contribution in [0.5, 0.6) is 0 Å². The highest BCUT2D eigenvalue weighted by Gasteiger charge is 2.07. The Morgan fingerprint density at radius 1 is 0.941 bits per heavy atom. The predicted octanol–water partition coefficient (Wildman–Crippen LogP) is 4.04. The van der Waals surface area contributed by atoms with Crippen molar-refractivity contribution in [2.24, 2.45) is 0 Å². The Balaban J connectivity index is 2.72. The van der Waals surface area contributed by atoms with Crippen molar-refractivity contribution >= 4 is 12.2 Å². The normalized spacial score (nSPS) is 10.6. The maximum absolute atomic E-state index is 5.09. The van der Waals surface area contributed by atoms with Crippen LogP contribution in [0.2, 0.25) is 0 Å². The lowest BCUT2D eigenvalue weighted by atomic mass is 9.97. The zero-order valence-electron chi connectivity index (χ0n) is 10.6. The van der Waals surface area contributed by atoms with E-state index in [4.69, 9.17) is 12.2 Å². The largest absolute Gasteiger partial charge is 0.330 e. The van der Waals surface area contributed by atoms with Crippen molar-refractivity contribution in [3.63, 3.8) is 0 Å². The van der Waals surface area contributed by atoms with Crippen molar-refractivity contribution in [1.29, 1.82) is 0 Å².